The number of hydrogen-bond donors (Lipinski definition) is 2. The van der Waals surface area contributed by atoms with Gasteiger partial charge in [0.2, 0.25) is 15.9 Å². The minimum absolute atomic E-state index is 0.291. The molecule has 2 aromatic carbocycles. The van der Waals surface area contributed by atoms with Crippen molar-refractivity contribution < 1.29 is 31.1 Å². The van der Waals surface area contributed by atoms with Crippen LogP contribution in [0.15, 0.2) is 59.5 Å². The summed E-state index contributed by atoms with van der Waals surface area (Å²) in [5, 5.41) is 2.64. The number of carbonyl (C=O) groups excluding carboxylic acids is 1. The molecule has 27 heavy (non-hydrogen) atoms. The van der Waals surface area contributed by atoms with E-state index < -0.39 is 34.6 Å². The molecular weight excluding hydrogens is 385 g/mol. The molecule has 0 aliphatic rings. The van der Waals surface area contributed by atoms with Crippen molar-refractivity contribution in [1.29, 1.82) is 0 Å². The van der Waals surface area contributed by atoms with E-state index >= 15 is 0 Å². The molecule has 0 spiro atoms. The predicted molar refractivity (Wildman–Crippen MR) is 91.3 cm³/mol. The highest BCUT2D eigenvalue weighted by atomic mass is 32.2. The second-order valence-electron chi connectivity index (χ2n) is 5.54. The van der Waals surface area contributed by atoms with E-state index in [0.29, 0.717) is 0 Å². The highest BCUT2D eigenvalue weighted by molar-refractivity contribution is 7.89. The Bertz CT molecular complexity index is 869. The Morgan fingerprint density at radius 2 is 1.67 bits per heavy atom. The molecule has 2 aromatic rings. The molecule has 6 nitrogen and oxygen atoms in total. The summed E-state index contributed by atoms with van der Waals surface area (Å²) in [5.74, 6) is -1.09. The van der Waals surface area contributed by atoms with E-state index in [4.69, 9.17) is 0 Å². The van der Waals surface area contributed by atoms with Gasteiger partial charge in [-0.15, -0.1) is 13.2 Å². The molecule has 2 N–H and O–H groups in total. The van der Waals surface area contributed by atoms with Gasteiger partial charge in [0.15, 0.2) is 0 Å². The first-order valence-corrected chi connectivity index (χ1v) is 9.25. The van der Waals surface area contributed by atoms with Crippen LogP contribution < -0.4 is 14.8 Å². The number of benzene rings is 2. The monoisotopic (exact) mass is 402 g/mol. The Hall–Kier alpha value is -2.59. The third kappa shape index (κ3) is 6.57. The van der Waals surface area contributed by atoms with Crippen LogP contribution in [0.5, 0.6) is 5.75 Å². The maximum Gasteiger partial charge on any atom is 0.573 e. The van der Waals surface area contributed by atoms with Gasteiger partial charge in [0.05, 0.1) is 17.5 Å². The van der Waals surface area contributed by atoms with Gasteiger partial charge in [0.1, 0.15) is 5.75 Å². The number of alkyl halides is 3. The molecule has 2 rings (SSSR count). The second kappa shape index (κ2) is 8.40. The maximum absolute atomic E-state index is 12.1. The summed E-state index contributed by atoms with van der Waals surface area (Å²) in [6.07, 6.45) is -4.87. The van der Waals surface area contributed by atoms with E-state index in [1.807, 2.05) is 30.3 Å². The number of sulfonamides is 1. The van der Waals surface area contributed by atoms with Gasteiger partial charge in [-0.25, -0.2) is 13.1 Å². The van der Waals surface area contributed by atoms with Crippen molar-refractivity contribution in [2.75, 3.05) is 6.54 Å². The number of nitrogens with one attached hydrogen (secondary N) is 2. The molecule has 0 fully saturated rings. The first kappa shape index (κ1) is 20.7. The fourth-order valence-corrected chi connectivity index (χ4v) is 3.16. The van der Waals surface area contributed by atoms with Gasteiger partial charge < -0.3 is 10.1 Å². The summed E-state index contributed by atoms with van der Waals surface area (Å²) in [6.45, 7) is 1.24. The Morgan fingerprint density at radius 1 is 1.07 bits per heavy atom. The summed E-state index contributed by atoms with van der Waals surface area (Å²) in [4.78, 5) is 11.6. The van der Waals surface area contributed by atoms with E-state index in [1.54, 1.807) is 6.92 Å². The van der Waals surface area contributed by atoms with Crippen LogP contribution in [-0.2, 0) is 14.8 Å². The van der Waals surface area contributed by atoms with Crippen molar-refractivity contribution in [3.05, 3.63) is 60.2 Å². The SMILES string of the molecule is C[C@H](NC(=O)CNS(=O)(=O)c1ccc(OC(F)(F)F)cc1)c1ccccc1. The van der Waals surface area contributed by atoms with Gasteiger partial charge in [-0.2, -0.15) is 0 Å². The van der Waals surface area contributed by atoms with Crippen LogP contribution in [0, 0.1) is 0 Å². The third-order valence-electron chi connectivity index (χ3n) is 3.47. The first-order chi connectivity index (χ1) is 12.6. The molecule has 0 unspecified atom stereocenters. The normalized spacial score (nSPS) is 13.0. The minimum atomic E-state index is -4.87. The van der Waals surface area contributed by atoms with E-state index in [0.717, 1.165) is 29.8 Å². The maximum atomic E-state index is 12.1. The Balaban J connectivity index is 1.93. The van der Waals surface area contributed by atoms with Crippen molar-refractivity contribution >= 4 is 15.9 Å². The number of ether oxygens (including phenoxy) is 1. The summed E-state index contributed by atoms with van der Waals surface area (Å²) >= 11 is 0. The van der Waals surface area contributed by atoms with Crippen molar-refractivity contribution in [1.82, 2.24) is 10.0 Å². The largest absolute Gasteiger partial charge is 0.573 e. The molecule has 10 heteroatoms. The van der Waals surface area contributed by atoms with Gasteiger partial charge in [-0.3, -0.25) is 4.79 Å². The molecule has 0 heterocycles. The van der Waals surface area contributed by atoms with Crippen molar-refractivity contribution in [2.45, 2.75) is 24.2 Å². The van der Waals surface area contributed by atoms with Crippen LogP contribution in [0.2, 0.25) is 0 Å². The van der Waals surface area contributed by atoms with Crippen LogP contribution in [0.1, 0.15) is 18.5 Å². The van der Waals surface area contributed by atoms with E-state index in [1.165, 1.54) is 0 Å². The molecule has 1 atom stereocenters. The molecule has 0 bridgehead atoms. The zero-order valence-electron chi connectivity index (χ0n) is 14.2. The zero-order valence-corrected chi connectivity index (χ0v) is 15.0. The van der Waals surface area contributed by atoms with Crippen molar-refractivity contribution in [3.63, 3.8) is 0 Å². The predicted octanol–water partition coefficient (Wildman–Crippen LogP) is 2.74. The first-order valence-electron chi connectivity index (χ1n) is 7.76. The number of rotatable bonds is 7. The van der Waals surface area contributed by atoms with Crippen LogP contribution in [0.4, 0.5) is 13.2 Å². The summed E-state index contributed by atoms with van der Waals surface area (Å²) in [5.41, 5.74) is 0.856. The average Bonchev–Trinajstić information content (AvgIpc) is 2.60. The molecule has 0 aromatic heterocycles. The van der Waals surface area contributed by atoms with E-state index in [2.05, 4.69) is 14.8 Å². The standard InChI is InChI=1S/C17H17F3N2O4S/c1-12(13-5-3-2-4-6-13)22-16(23)11-21-27(24,25)15-9-7-14(8-10-15)26-17(18,19)20/h2-10,12,21H,11H2,1H3,(H,22,23)/t12-/m0/s1. The van der Waals surface area contributed by atoms with Gasteiger partial charge in [-0.05, 0) is 36.8 Å². The van der Waals surface area contributed by atoms with Gasteiger partial charge in [-0.1, -0.05) is 30.3 Å². The number of halogens is 3. The van der Waals surface area contributed by atoms with Crippen LogP contribution in [-0.4, -0.2) is 27.2 Å². The van der Waals surface area contributed by atoms with Crippen LogP contribution >= 0.6 is 0 Å². The second-order valence-corrected chi connectivity index (χ2v) is 7.31. The quantitative estimate of drug-likeness (QED) is 0.746. The summed E-state index contributed by atoms with van der Waals surface area (Å²) < 4.78 is 66.4. The third-order valence-corrected chi connectivity index (χ3v) is 4.88. The topological polar surface area (TPSA) is 84.5 Å². The van der Waals surface area contributed by atoms with Crippen molar-refractivity contribution in [2.24, 2.45) is 0 Å². The molecule has 0 saturated carbocycles. The lowest BCUT2D eigenvalue weighted by Gasteiger charge is -2.15. The lowest BCUT2D eigenvalue weighted by molar-refractivity contribution is -0.274. The van der Waals surface area contributed by atoms with Crippen molar-refractivity contribution in [3.8, 4) is 5.75 Å². The smallest absolute Gasteiger partial charge is 0.406 e. The molecule has 146 valence electrons. The van der Waals surface area contributed by atoms with Gasteiger partial charge in [0.25, 0.3) is 0 Å². The zero-order chi connectivity index (χ0) is 20.1. The van der Waals surface area contributed by atoms with E-state index in [-0.39, 0.29) is 10.9 Å². The minimum Gasteiger partial charge on any atom is -0.406 e. The molecule has 0 saturated heterocycles. The number of carbonyl (C=O) groups is 1. The fourth-order valence-electron chi connectivity index (χ4n) is 2.18. The number of amides is 1. The molecule has 0 aliphatic carbocycles. The number of hydrogen-bond acceptors (Lipinski definition) is 4. The molecular formula is C17H17F3N2O4S. The van der Waals surface area contributed by atoms with Crippen LogP contribution in [0.3, 0.4) is 0 Å². The Kier molecular flexibility index (Phi) is 6.45. The Labute approximate surface area is 154 Å². The van der Waals surface area contributed by atoms with Crippen LogP contribution in [0.25, 0.3) is 0 Å². The van der Waals surface area contributed by atoms with Gasteiger partial charge in [0, 0.05) is 0 Å². The molecule has 1 amide bonds. The highest BCUT2D eigenvalue weighted by Gasteiger charge is 2.31. The molecule has 0 radical (unpaired) electrons. The molecule has 0 aliphatic heterocycles. The average molecular weight is 402 g/mol. The lowest BCUT2D eigenvalue weighted by Crippen LogP contribution is -2.38. The summed E-state index contributed by atoms with van der Waals surface area (Å²) in [6, 6.07) is 12.4. The summed E-state index contributed by atoms with van der Waals surface area (Å²) in [7, 11) is -4.06. The fraction of sp³-hybridized carbons (Fsp3) is 0.235. The Morgan fingerprint density at radius 3 is 2.22 bits per heavy atom. The van der Waals surface area contributed by atoms with E-state index in [9.17, 15) is 26.4 Å². The van der Waals surface area contributed by atoms with Gasteiger partial charge >= 0.3 is 6.36 Å². The highest BCUT2D eigenvalue weighted by Crippen LogP contribution is 2.23. The lowest BCUT2D eigenvalue weighted by atomic mass is 10.1.